The number of aryl methyl sites for hydroxylation is 3. The Morgan fingerprint density at radius 2 is 2.07 bits per heavy atom. The number of piperidine rings is 1. The van der Waals surface area contributed by atoms with Gasteiger partial charge in [0.2, 0.25) is 5.76 Å². The Morgan fingerprint density at radius 1 is 1.32 bits per heavy atom. The SMILES string of the molecule is CCc1nc(C)c(C(=O)NCC2CCN(Cc3cn(CCO)nc3C)CC2)o1. The first-order chi connectivity index (χ1) is 13.5. The van der Waals surface area contributed by atoms with E-state index in [-0.39, 0.29) is 12.5 Å². The Morgan fingerprint density at radius 3 is 2.71 bits per heavy atom. The van der Waals surface area contributed by atoms with Gasteiger partial charge in [0.15, 0.2) is 5.89 Å². The molecule has 0 saturated carbocycles. The maximum atomic E-state index is 12.4. The number of nitrogens with zero attached hydrogens (tertiary/aromatic N) is 4. The van der Waals surface area contributed by atoms with Crippen molar-refractivity contribution in [3.63, 3.8) is 0 Å². The molecule has 3 rings (SSSR count). The summed E-state index contributed by atoms with van der Waals surface area (Å²) in [5, 5.41) is 16.5. The standard InChI is InChI=1S/C20H31N5O3/c1-4-18-22-15(3)19(28-18)20(27)21-11-16-5-7-24(8-6-16)12-17-13-25(9-10-26)23-14(17)2/h13,16,26H,4-12H2,1-3H3,(H,21,27). The Labute approximate surface area is 165 Å². The summed E-state index contributed by atoms with van der Waals surface area (Å²) in [5.41, 5.74) is 2.89. The highest BCUT2D eigenvalue weighted by Gasteiger charge is 2.22. The number of aliphatic hydroxyl groups is 1. The van der Waals surface area contributed by atoms with E-state index in [0.29, 0.717) is 42.8 Å². The van der Waals surface area contributed by atoms with Gasteiger partial charge in [0.05, 0.1) is 24.5 Å². The monoisotopic (exact) mass is 389 g/mol. The number of nitrogens with one attached hydrogen (secondary N) is 1. The maximum absolute atomic E-state index is 12.4. The number of rotatable bonds is 8. The van der Waals surface area contributed by atoms with Crippen LogP contribution in [0.3, 0.4) is 0 Å². The minimum Gasteiger partial charge on any atom is -0.435 e. The van der Waals surface area contributed by atoms with Gasteiger partial charge in [-0.15, -0.1) is 0 Å². The second kappa shape index (κ2) is 9.34. The molecule has 2 aromatic heterocycles. The number of aromatic nitrogens is 3. The first kappa shape index (κ1) is 20.5. The van der Waals surface area contributed by atoms with Crippen LogP contribution in [0.4, 0.5) is 0 Å². The van der Waals surface area contributed by atoms with E-state index in [2.05, 4.69) is 20.3 Å². The third kappa shape index (κ3) is 4.99. The number of carbonyl (C=O) groups is 1. The van der Waals surface area contributed by atoms with Crippen molar-refractivity contribution in [2.75, 3.05) is 26.2 Å². The third-order valence-electron chi connectivity index (χ3n) is 5.38. The van der Waals surface area contributed by atoms with E-state index in [4.69, 9.17) is 9.52 Å². The van der Waals surface area contributed by atoms with E-state index in [9.17, 15) is 4.79 Å². The fourth-order valence-corrected chi connectivity index (χ4v) is 3.65. The summed E-state index contributed by atoms with van der Waals surface area (Å²) in [5.74, 6) is 1.25. The molecule has 0 radical (unpaired) electrons. The lowest BCUT2D eigenvalue weighted by atomic mass is 9.96. The number of oxazole rings is 1. The van der Waals surface area contributed by atoms with E-state index >= 15 is 0 Å². The molecule has 0 spiro atoms. The normalized spacial score (nSPS) is 15.9. The number of carbonyl (C=O) groups excluding carboxylic acids is 1. The average molecular weight is 390 g/mol. The predicted molar refractivity (Wildman–Crippen MR) is 105 cm³/mol. The van der Waals surface area contributed by atoms with E-state index in [1.54, 1.807) is 6.92 Å². The van der Waals surface area contributed by atoms with Crippen molar-refractivity contribution in [2.45, 2.75) is 53.1 Å². The second-order valence-corrected chi connectivity index (χ2v) is 7.53. The molecule has 0 atom stereocenters. The Bertz CT molecular complexity index is 790. The molecule has 1 saturated heterocycles. The minimum absolute atomic E-state index is 0.102. The zero-order valence-corrected chi connectivity index (χ0v) is 17.1. The van der Waals surface area contributed by atoms with Crippen molar-refractivity contribution < 1.29 is 14.3 Å². The van der Waals surface area contributed by atoms with Crippen LogP contribution in [0.25, 0.3) is 0 Å². The zero-order valence-electron chi connectivity index (χ0n) is 17.1. The molecular weight excluding hydrogens is 358 g/mol. The molecule has 2 aromatic rings. The molecular formula is C20H31N5O3. The minimum atomic E-state index is -0.168. The quantitative estimate of drug-likeness (QED) is 0.713. The molecule has 0 unspecified atom stereocenters. The molecule has 8 nitrogen and oxygen atoms in total. The van der Waals surface area contributed by atoms with Crippen LogP contribution in [0.2, 0.25) is 0 Å². The Balaban J connectivity index is 1.44. The van der Waals surface area contributed by atoms with E-state index in [0.717, 1.165) is 38.2 Å². The number of hydrogen-bond acceptors (Lipinski definition) is 6. The van der Waals surface area contributed by atoms with Gasteiger partial charge < -0.3 is 14.8 Å². The van der Waals surface area contributed by atoms with Gasteiger partial charge in [-0.25, -0.2) is 4.98 Å². The van der Waals surface area contributed by atoms with Crippen molar-refractivity contribution in [1.82, 2.24) is 25.0 Å². The van der Waals surface area contributed by atoms with Gasteiger partial charge >= 0.3 is 0 Å². The fraction of sp³-hybridized carbons (Fsp3) is 0.650. The molecule has 1 aliphatic heterocycles. The lowest BCUT2D eigenvalue weighted by molar-refractivity contribution is 0.0905. The molecule has 2 N–H and O–H groups in total. The highest BCUT2D eigenvalue weighted by molar-refractivity contribution is 5.92. The third-order valence-corrected chi connectivity index (χ3v) is 5.38. The molecule has 1 amide bonds. The van der Waals surface area contributed by atoms with E-state index in [1.165, 1.54) is 5.56 Å². The zero-order chi connectivity index (χ0) is 20.1. The van der Waals surface area contributed by atoms with Crippen LogP contribution in [0.15, 0.2) is 10.6 Å². The Hall–Kier alpha value is -2.19. The molecule has 1 aliphatic rings. The molecule has 8 heteroatoms. The summed E-state index contributed by atoms with van der Waals surface area (Å²) in [6, 6.07) is 0. The van der Waals surface area contributed by atoms with Gasteiger partial charge in [-0.05, 0) is 45.7 Å². The molecule has 3 heterocycles. The number of amides is 1. The van der Waals surface area contributed by atoms with Crippen LogP contribution >= 0.6 is 0 Å². The second-order valence-electron chi connectivity index (χ2n) is 7.53. The van der Waals surface area contributed by atoms with Crippen LogP contribution in [-0.2, 0) is 19.5 Å². The first-order valence-electron chi connectivity index (χ1n) is 10.1. The van der Waals surface area contributed by atoms with Crippen LogP contribution in [-0.4, -0.2) is 56.9 Å². The first-order valence-corrected chi connectivity index (χ1v) is 10.1. The summed E-state index contributed by atoms with van der Waals surface area (Å²) in [4.78, 5) is 19.0. The summed E-state index contributed by atoms with van der Waals surface area (Å²) < 4.78 is 7.33. The summed E-state index contributed by atoms with van der Waals surface area (Å²) in [6.07, 6.45) is 4.83. The Kier molecular flexibility index (Phi) is 6.85. The van der Waals surface area contributed by atoms with E-state index in [1.807, 2.05) is 24.7 Å². The molecule has 1 fully saturated rings. The lowest BCUT2D eigenvalue weighted by Crippen LogP contribution is -2.38. The molecule has 0 aliphatic carbocycles. The smallest absolute Gasteiger partial charge is 0.289 e. The number of hydrogen-bond donors (Lipinski definition) is 2. The molecule has 0 bridgehead atoms. The van der Waals surface area contributed by atoms with Gasteiger partial charge in [-0.3, -0.25) is 14.4 Å². The maximum Gasteiger partial charge on any atom is 0.289 e. The fourth-order valence-electron chi connectivity index (χ4n) is 3.65. The van der Waals surface area contributed by atoms with Crippen molar-refractivity contribution in [3.8, 4) is 0 Å². The van der Waals surface area contributed by atoms with Crippen molar-refractivity contribution in [2.24, 2.45) is 5.92 Å². The largest absolute Gasteiger partial charge is 0.435 e. The molecule has 154 valence electrons. The highest BCUT2D eigenvalue weighted by Crippen LogP contribution is 2.20. The van der Waals surface area contributed by atoms with Crippen LogP contribution in [0.1, 0.15) is 53.2 Å². The van der Waals surface area contributed by atoms with Gasteiger partial charge in [-0.1, -0.05) is 6.92 Å². The van der Waals surface area contributed by atoms with E-state index < -0.39 is 0 Å². The van der Waals surface area contributed by atoms with Gasteiger partial charge in [-0.2, -0.15) is 5.10 Å². The highest BCUT2D eigenvalue weighted by atomic mass is 16.4. The number of aliphatic hydroxyl groups excluding tert-OH is 1. The summed E-state index contributed by atoms with van der Waals surface area (Å²) in [7, 11) is 0. The number of likely N-dealkylation sites (tertiary alicyclic amines) is 1. The predicted octanol–water partition coefficient (Wildman–Crippen LogP) is 1.68. The van der Waals surface area contributed by atoms with Gasteiger partial charge in [0.25, 0.3) is 5.91 Å². The van der Waals surface area contributed by atoms with Crippen molar-refractivity contribution in [1.29, 1.82) is 0 Å². The van der Waals surface area contributed by atoms with Crippen molar-refractivity contribution in [3.05, 3.63) is 34.8 Å². The summed E-state index contributed by atoms with van der Waals surface area (Å²) >= 11 is 0. The summed E-state index contributed by atoms with van der Waals surface area (Å²) in [6.45, 7) is 9.98. The molecule has 28 heavy (non-hydrogen) atoms. The molecule has 0 aromatic carbocycles. The lowest BCUT2D eigenvalue weighted by Gasteiger charge is -2.31. The van der Waals surface area contributed by atoms with Crippen LogP contribution in [0, 0.1) is 19.8 Å². The van der Waals surface area contributed by atoms with Crippen molar-refractivity contribution >= 4 is 5.91 Å². The van der Waals surface area contributed by atoms with Gasteiger partial charge in [0.1, 0.15) is 0 Å². The van der Waals surface area contributed by atoms with Gasteiger partial charge in [0, 0.05) is 31.3 Å². The topological polar surface area (TPSA) is 96.4 Å². The van der Waals surface area contributed by atoms with Crippen LogP contribution in [0.5, 0.6) is 0 Å². The van der Waals surface area contributed by atoms with Crippen LogP contribution < -0.4 is 5.32 Å². The average Bonchev–Trinajstić information content (AvgIpc) is 3.23.